The van der Waals surface area contributed by atoms with E-state index in [1.807, 2.05) is 11.3 Å². The van der Waals surface area contributed by atoms with Crippen molar-refractivity contribution in [1.29, 1.82) is 0 Å². The van der Waals surface area contributed by atoms with Crippen LogP contribution in [-0.4, -0.2) is 9.36 Å². The average Bonchev–Trinajstić information content (AvgIpc) is 2.74. The molecule has 0 aliphatic heterocycles. The number of thiophene rings is 1. The van der Waals surface area contributed by atoms with Gasteiger partial charge in [-0.3, -0.25) is 0 Å². The predicted octanol–water partition coefficient (Wildman–Crippen LogP) is 2.83. The van der Waals surface area contributed by atoms with Gasteiger partial charge in [-0.1, -0.05) is 0 Å². The zero-order valence-electron chi connectivity index (χ0n) is 8.07. The van der Waals surface area contributed by atoms with E-state index in [1.165, 1.54) is 26.9 Å². The van der Waals surface area contributed by atoms with Gasteiger partial charge in [-0.2, -0.15) is 4.37 Å². The lowest BCUT2D eigenvalue weighted by Gasteiger charge is -1.97. The molecule has 2 aromatic rings. The molecule has 5 heteroatoms. The minimum atomic E-state index is 0.842. The number of hydrogen-bond acceptors (Lipinski definition) is 5. The molecule has 3 nitrogen and oxygen atoms in total. The van der Waals surface area contributed by atoms with E-state index in [0.29, 0.717) is 0 Å². The van der Waals surface area contributed by atoms with E-state index in [2.05, 4.69) is 34.6 Å². The maximum atomic E-state index is 4.06. The van der Waals surface area contributed by atoms with E-state index in [9.17, 15) is 0 Å². The van der Waals surface area contributed by atoms with Gasteiger partial charge in [-0.05, 0) is 25.5 Å². The Hall–Kier alpha value is -0.940. The van der Waals surface area contributed by atoms with Gasteiger partial charge in [-0.25, -0.2) is 4.98 Å². The molecule has 1 N–H and O–H groups in total. The molecule has 0 amide bonds. The standard InChI is InChI=1S/C9H11N3S2/c1-6-3-8(13-7(6)2)4-10-9-11-5-12-14-9/h3,5H,4H2,1-2H3,(H,10,11,12). The molecule has 0 aliphatic carbocycles. The number of aryl methyl sites for hydroxylation is 2. The van der Waals surface area contributed by atoms with E-state index < -0.39 is 0 Å². The van der Waals surface area contributed by atoms with Gasteiger partial charge in [0.25, 0.3) is 0 Å². The monoisotopic (exact) mass is 225 g/mol. The van der Waals surface area contributed by atoms with Crippen LogP contribution in [0.4, 0.5) is 5.13 Å². The highest BCUT2D eigenvalue weighted by atomic mass is 32.1. The van der Waals surface area contributed by atoms with Gasteiger partial charge in [0.1, 0.15) is 6.33 Å². The average molecular weight is 225 g/mol. The zero-order valence-corrected chi connectivity index (χ0v) is 9.71. The van der Waals surface area contributed by atoms with Crippen LogP contribution in [0, 0.1) is 13.8 Å². The number of rotatable bonds is 3. The van der Waals surface area contributed by atoms with Crippen LogP contribution >= 0.6 is 22.9 Å². The Morgan fingerprint density at radius 3 is 2.86 bits per heavy atom. The summed E-state index contributed by atoms with van der Waals surface area (Å²) in [4.78, 5) is 6.79. The quantitative estimate of drug-likeness (QED) is 0.873. The van der Waals surface area contributed by atoms with Crippen molar-refractivity contribution in [2.45, 2.75) is 20.4 Å². The topological polar surface area (TPSA) is 37.8 Å². The van der Waals surface area contributed by atoms with Crippen molar-refractivity contribution < 1.29 is 0 Å². The summed E-state index contributed by atoms with van der Waals surface area (Å²) >= 11 is 3.22. The Morgan fingerprint density at radius 2 is 2.29 bits per heavy atom. The van der Waals surface area contributed by atoms with Gasteiger partial charge in [0.15, 0.2) is 0 Å². The first-order chi connectivity index (χ1) is 6.75. The Bertz CT molecular complexity index is 386. The first kappa shape index (κ1) is 9.61. The summed E-state index contributed by atoms with van der Waals surface area (Å²) in [6.45, 7) is 5.13. The fourth-order valence-electron chi connectivity index (χ4n) is 1.15. The van der Waals surface area contributed by atoms with E-state index in [4.69, 9.17) is 0 Å². The van der Waals surface area contributed by atoms with Gasteiger partial charge in [0.05, 0.1) is 6.54 Å². The predicted molar refractivity (Wildman–Crippen MR) is 61.0 cm³/mol. The Kier molecular flexibility index (Phi) is 2.79. The summed E-state index contributed by atoms with van der Waals surface area (Å²) in [6.07, 6.45) is 1.57. The third kappa shape index (κ3) is 2.10. The highest BCUT2D eigenvalue weighted by Gasteiger charge is 2.02. The molecule has 2 rings (SSSR count). The number of aromatic nitrogens is 2. The summed E-state index contributed by atoms with van der Waals surface area (Å²) in [7, 11) is 0. The second-order valence-electron chi connectivity index (χ2n) is 3.05. The van der Waals surface area contributed by atoms with Crippen molar-refractivity contribution in [3.8, 4) is 0 Å². The number of nitrogens with one attached hydrogen (secondary N) is 1. The largest absolute Gasteiger partial charge is 0.355 e. The highest BCUT2D eigenvalue weighted by molar-refractivity contribution is 7.12. The maximum absolute atomic E-state index is 4.06. The molecule has 14 heavy (non-hydrogen) atoms. The van der Waals surface area contributed by atoms with Crippen LogP contribution in [-0.2, 0) is 6.54 Å². The van der Waals surface area contributed by atoms with Crippen LogP contribution in [0.5, 0.6) is 0 Å². The van der Waals surface area contributed by atoms with Gasteiger partial charge >= 0.3 is 0 Å². The summed E-state index contributed by atoms with van der Waals surface area (Å²) in [5.74, 6) is 0. The number of hydrogen-bond donors (Lipinski definition) is 1. The van der Waals surface area contributed by atoms with E-state index in [0.717, 1.165) is 11.7 Å². The Labute approximate surface area is 91.0 Å². The third-order valence-corrected chi connectivity index (χ3v) is 3.77. The molecule has 0 spiro atoms. The van der Waals surface area contributed by atoms with Gasteiger partial charge < -0.3 is 5.32 Å². The first-order valence-corrected chi connectivity index (χ1v) is 5.91. The second kappa shape index (κ2) is 4.06. The summed E-state index contributed by atoms with van der Waals surface area (Å²) in [6, 6.07) is 2.22. The molecule has 0 atom stereocenters. The second-order valence-corrected chi connectivity index (χ2v) is 5.17. The summed E-state index contributed by atoms with van der Waals surface area (Å²) in [5, 5.41) is 4.12. The molecule has 0 aliphatic rings. The van der Waals surface area contributed by atoms with Gasteiger partial charge in [0, 0.05) is 21.3 Å². The molecule has 2 heterocycles. The fourth-order valence-corrected chi connectivity index (χ4v) is 2.57. The molecule has 74 valence electrons. The molecule has 2 aromatic heterocycles. The van der Waals surface area contributed by atoms with Crippen LogP contribution in [0.2, 0.25) is 0 Å². The van der Waals surface area contributed by atoms with Crippen LogP contribution in [0.3, 0.4) is 0 Å². The van der Waals surface area contributed by atoms with Gasteiger partial charge in [0.2, 0.25) is 5.13 Å². The van der Waals surface area contributed by atoms with Gasteiger partial charge in [-0.15, -0.1) is 11.3 Å². The van der Waals surface area contributed by atoms with E-state index in [-0.39, 0.29) is 0 Å². The van der Waals surface area contributed by atoms with Crippen molar-refractivity contribution >= 4 is 28.0 Å². The molecule has 0 saturated heterocycles. The van der Waals surface area contributed by atoms with Crippen molar-refractivity contribution in [2.24, 2.45) is 0 Å². The minimum absolute atomic E-state index is 0.842. The summed E-state index contributed by atoms with van der Waals surface area (Å²) in [5.41, 5.74) is 1.36. The highest BCUT2D eigenvalue weighted by Crippen LogP contribution is 2.21. The first-order valence-electron chi connectivity index (χ1n) is 4.32. The smallest absolute Gasteiger partial charge is 0.202 e. The maximum Gasteiger partial charge on any atom is 0.202 e. The lowest BCUT2D eigenvalue weighted by atomic mass is 10.3. The molecule has 0 bridgehead atoms. The van der Waals surface area contributed by atoms with Crippen LogP contribution < -0.4 is 5.32 Å². The SMILES string of the molecule is Cc1cc(CNc2ncns2)sc1C. The molecular formula is C9H11N3S2. The van der Waals surface area contributed by atoms with Crippen molar-refractivity contribution in [3.63, 3.8) is 0 Å². The number of nitrogens with zero attached hydrogens (tertiary/aromatic N) is 2. The zero-order chi connectivity index (χ0) is 9.97. The third-order valence-electron chi connectivity index (χ3n) is 1.99. The van der Waals surface area contributed by atoms with Crippen molar-refractivity contribution in [2.75, 3.05) is 5.32 Å². The molecule has 0 radical (unpaired) electrons. The number of anilines is 1. The molecule has 0 fully saturated rings. The molecule has 0 aromatic carbocycles. The van der Waals surface area contributed by atoms with E-state index >= 15 is 0 Å². The van der Waals surface area contributed by atoms with Crippen molar-refractivity contribution in [1.82, 2.24) is 9.36 Å². The van der Waals surface area contributed by atoms with Crippen LogP contribution in [0.1, 0.15) is 15.3 Å². The lowest BCUT2D eigenvalue weighted by Crippen LogP contribution is -1.95. The van der Waals surface area contributed by atoms with Crippen LogP contribution in [0.25, 0.3) is 0 Å². The molecule has 0 unspecified atom stereocenters. The molecular weight excluding hydrogens is 214 g/mol. The van der Waals surface area contributed by atoms with Crippen molar-refractivity contribution in [3.05, 3.63) is 27.7 Å². The minimum Gasteiger partial charge on any atom is -0.355 e. The molecule has 0 saturated carbocycles. The van der Waals surface area contributed by atoms with Crippen LogP contribution in [0.15, 0.2) is 12.4 Å². The Balaban J connectivity index is 1.98. The Morgan fingerprint density at radius 1 is 1.43 bits per heavy atom. The van der Waals surface area contributed by atoms with E-state index in [1.54, 1.807) is 6.33 Å². The normalized spacial score (nSPS) is 10.4. The lowest BCUT2D eigenvalue weighted by molar-refractivity contribution is 1.16. The summed E-state index contributed by atoms with van der Waals surface area (Å²) < 4.78 is 3.93. The fraction of sp³-hybridized carbons (Fsp3) is 0.333.